The summed E-state index contributed by atoms with van der Waals surface area (Å²) in [6, 6.07) is 6.43. The summed E-state index contributed by atoms with van der Waals surface area (Å²) >= 11 is 0. The lowest BCUT2D eigenvalue weighted by atomic mass is 9.96. The second-order valence-corrected chi connectivity index (χ2v) is 6.84. The lowest BCUT2D eigenvalue weighted by Gasteiger charge is -2.16. The second-order valence-electron chi connectivity index (χ2n) is 6.84. The van der Waals surface area contributed by atoms with Gasteiger partial charge in [-0.05, 0) is 36.2 Å². The highest BCUT2D eigenvalue weighted by Gasteiger charge is 2.23. The van der Waals surface area contributed by atoms with Crippen LogP contribution in [0.5, 0.6) is 11.5 Å². The van der Waals surface area contributed by atoms with Crippen molar-refractivity contribution in [1.29, 1.82) is 0 Å². The first-order chi connectivity index (χ1) is 14.4. The van der Waals surface area contributed by atoms with Crippen LogP contribution in [0.3, 0.4) is 0 Å². The standard InChI is InChI=1S/C22H26N2O6/c1-5-29-11-13-8-17(27-3)19(18(9-13)28-4)15-7-6-14(10-16(23)22(25)26)20-21(15)30-12(2)24-20/h6-9,16H,5,10-11,23H2,1-4H3,(H,25,26)/t16-/m0/s1. The Morgan fingerprint density at radius 2 is 1.90 bits per heavy atom. The molecule has 0 radical (unpaired) electrons. The van der Waals surface area contributed by atoms with E-state index >= 15 is 0 Å². The van der Waals surface area contributed by atoms with Crippen molar-refractivity contribution >= 4 is 17.1 Å². The number of rotatable bonds is 9. The molecule has 0 saturated heterocycles. The van der Waals surface area contributed by atoms with E-state index in [0.29, 0.717) is 47.3 Å². The summed E-state index contributed by atoms with van der Waals surface area (Å²) in [5.41, 5.74) is 9.90. The zero-order valence-corrected chi connectivity index (χ0v) is 17.5. The Morgan fingerprint density at radius 3 is 2.47 bits per heavy atom. The summed E-state index contributed by atoms with van der Waals surface area (Å²) in [7, 11) is 3.18. The number of ether oxygens (including phenoxy) is 3. The van der Waals surface area contributed by atoms with Crippen molar-refractivity contribution < 1.29 is 28.5 Å². The number of hydrogen-bond donors (Lipinski definition) is 2. The summed E-state index contributed by atoms with van der Waals surface area (Å²) in [4.78, 5) is 15.7. The number of fused-ring (bicyclic) bond motifs is 1. The molecule has 0 fully saturated rings. The molecule has 0 saturated carbocycles. The van der Waals surface area contributed by atoms with Crippen molar-refractivity contribution in [3.05, 3.63) is 41.3 Å². The number of hydrogen-bond acceptors (Lipinski definition) is 7. The molecule has 3 aromatic rings. The molecule has 0 aliphatic rings. The van der Waals surface area contributed by atoms with Gasteiger partial charge < -0.3 is 29.5 Å². The molecule has 0 spiro atoms. The average molecular weight is 414 g/mol. The number of carboxylic acid groups (broad SMARTS) is 1. The van der Waals surface area contributed by atoms with Gasteiger partial charge in [0, 0.05) is 25.5 Å². The third-order valence-corrected chi connectivity index (χ3v) is 4.80. The van der Waals surface area contributed by atoms with Gasteiger partial charge in [0.1, 0.15) is 23.1 Å². The van der Waals surface area contributed by atoms with E-state index in [1.807, 2.05) is 31.2 Å². The summed E-state index contributed by atoms with van der Waals surface area (Å²) in [6.45, 7) is 4.71. The van der Waals surface area contributed by atoms with Crippen LogP contribution in [-0.2, 0) is 22.6 Å². The van der Waals surface area contributed by atoms with Crippen molar-refractivity contribution in [1.82, 2.24) is 4.98 Å². The smallest absolute Gasteiger partial charge is 0.320 e. The number of nitrogens with zero attached hydrogens (tertiary/aromatic N) is 1. The summed E-state index contributed by atoms with van der Waals surface area (Å²) in [5, 5.41) is 9.17. The molecule has 0 amide bonds. The third-order valence-electron chi connectivity index (χ3n) is 4.80. The molecule has 160 valence electrons. The van der Waals surface area contributed by atoms with Crippen molar-refractivity contribution in [2.45, 2.75) is 32.9 Å². The number of aliphatic carboxylic acids is 1. The monoisotopic (exact) mass is 414 g/mol. The molecular formula is C22H26N2O6. The molecule has 3 rings (SSSR count). The van der Waals surface area contributed by atoms with Gasteiger partial charge in [-0.3, -0.25) is 4.79 Å². The van der Waals surface area contributed by atoms with Crippen LogP contribution < -0.4 is 15.2 Å². The Balaban J connectivity index is 2.18. The second kappa shape index (κ2) is 9.15. The number of aromatic nitrogens is 1. The fourth-order valence-electron chi connectivity index (χ4n) is 3.39. The van der Waals surface area contributed by atoms with E-state index in [0.717, 1.165) is 16.7 Å². The first kappa shape index (κ1) is 21.6. The molecule has 8 heteroatoms. The fourth-order valence-corrected chi connectivity index (χ4v) is 3.39. The number of benzene rings is 2. The molecule has 8 nitrogen and oxygen atoms in total. The SMILES string of the molecule is CCOCc1cc(OC)c(-c2ccc(C[C@H](N)C(=O)O)c3nc(C)oc23)c(OC)c1. The maximum Gasteiger partial charge on any atom is 0.320 e. The molecule has 0 aliphatic heterocycles. The number of nitrogens with two attached hydrogens (primary N) is 1. The average Bonchev–Trinajstić information content (AvgIpc) is 3.13. The van der Waals surface area contributed by atoms with Crippen LogP contribution in [-0.4, -0.2) is 42.9 Å². The summed E-state index contributed by atoms with van der Waals surface area (Å²) in [5.74, 6) is 0.609. The fraction of sp³-hybridized carbons (Fsp3) is 0.364. The van der Waals surface area contributed by atoms with E-state index in [9.17, 15) is 4.79 Å². The van der Waals surface area contributed by atoms with Gasteiger partial charge in [-0.15, -0.1) is 0 Å². The van der Waals surface area contributed by atoms with Gasteiger partial charge in [-0.1, -0.05) is 6.07 Å². The Bertz CT molecular complexity index is 1030. The lowest BCUT2D eigenvalue weighted by Crippen LogP contribution is -2.32. The highest BCUT2D eigenvalue weighted by atomic mass is 16.5. The van der Waals surface area contributed by atoms with Gasteiger partial charge in [0.25, 0.3) is 0 Å². The predicted molar refractivity (Wildman–Crippen MR) is 112 cm³/mol. The van der Waals surface area contributed by atoms with Gasteiger partial charge >= 0.3 is 5.97 Å². The Kier molecular flexibility index (Phi) is 6.59. The summed E-state index contributed by atoms with van der Waals surface area (Å²) in [6.07, 6.45) is 0.139. The Morgan fingerprint density at radius 1 is 1.23 bits per heavy atom. The predicted octanol–water partition coefficient (Wildman–Crippen LogP) is 3.31. The minimum atomic E-state index is -1.07. The van der Waals surface area contributed by atoms with Gasteiger partial charge in [-0.25, -0.2) is 4.98 Å². The zero-order chi connectivity index (χ0) is 21.8. The molecule has 1 heterocycles. The molecular weight excluding hydrogens is 388 g/mol. The molecule has 30 heavy (non-hydrogen) atoms. The maximum absolute atomic E-state index is 11.2. The van der Waals surface area contributed by atoms with Crippen molar-refractivity contribution in [2.24, 2.45) is 5.73 Å². The van der Waals surface area contributed by atoms with Gasteiger partial charge in [-0.2, -0.15) is 0 Å². The van der Waals surface area contributed by atoms with Crippen LogP contribution in [0, 0.1) is 6.92 Å². The van der Waals surface area contributed by atoms with Crippen molar-refractivity contribution in [3.63, 3.8) is 0 Å². The van der Waals surface area contributed by atoms with Crippen LogP contribution in [0.15, 0.2) is 28.7 Å². The number of carboxylic acids is 1. The number of methoxy groups -OCH3 is 2. The Labute approximate surface area is 174 Å². The molecule has 1 atom stereocenters. The van der Waals surface area contributed by atoms with Crippen molar-refractivity contribution in [2.75, 3.05) is 20.8 Å². The minimum absolute atomic E-state index is 0.139. The van der Waals surface area contributed by atoms with E-state index in [1.54, 1.807) is 21.1 Å². The molecule has 1 aromatic heterocycles. The van der Waals surface area contributed by atoms with Crippen LogP contribution in [0.25, 0.3) is 22.2 Å². The van der Waals surface area contributed by atoms with E-state index in [4.69, 9.17) is 29.5 Å². The van der Waals surface area contributed by atoms with Gasteiger partial charge in [0.2, 0.25) is 0 Å². The van der Waals surface area contributed by atoms with Crippen LogP contribution in [0.2, 0.25) is 0 Å². The van der Waals surface area contributed by atoms with E-state index in [2.05, 4.69) is 4.98 Å². The quantitative estimate of drug-likeness (QED) is 0.548. The van der Waals surface area contributed by atoms with E-state index in [-0.39, 0.29) is 6.42 Å². The highest BCUT2D eigenvalue weighted by molar-refractivity contribution is 5.96. The first-order valence-corrected chi connectivity index (χ1v) is 9.60. The number of oxazole rings is 1. The van der Waals surface area contributed by atoms with Crippen molar-refractivity contribution in [3.8, 4) is 22.6 Å². The van der Waals surface area contributed by atoms with E-state index in [1.165, 1.54) is 0 Å². The zero-order valence-electron chi connectivity index (χ0n) is 17.5. The topological polar surface area (TPSA) is 117 Å². The maximum atomic E-state index is 11.2. The normalized spacial score (nSPS) is 12.2. The largest absolute Gasteiger partial charge is 0.496 e. The first-order valence-electron chi connectivity index (χ1n) is 9.60. The van der Waals surface area contributed by atoms with E-state index < -0.39 is 12.0 Å². The molecule has 0 unspecified atom stereocenters. The highest BCUT2D eigenvalue weighted by Crippen LogP contribution is 2.43. The van der Waals surface area contributed by atoms with Crippen LogP contribution >= 0.6 is 0 Å². The third kappa shape index (κ3) is 4.24. The molecule has 3 N–H and O–H groups in total. The van der Waals surface area contributed by atoms with Gasteiger partial charge in [0.15, 0.2) is 11.5 Å². The molecule has 0 bridgehead atoms. The number of carbonyl (C=O) groups is 1. The van der Waals surface area contributed by atoms with Crippen LogP contribution in [0.1, 0.15) is 23.9 Å². The molecule has 0 aliphatic carbocycles. The minimum Gasteiger partial charge on any atom is -0.496 e. The Hall–Kier alpha value is -3.10. The summed E-state index contributed by atoms with van der Waals surface area (Å²) < 4.78 is 22.7. The lowest BCUT2D eigenvalue weighted by molar-refractivity contribution is -0.138. The number of aryl methyl sites for hydroxylation is 1. The van der Waals surface area contributed by atoms with Gasteiger partial charge in [0.05, 0.1) is 26.4 Å². The van der Waals surface area contributed by atoms with Crippen LogP contribution in [0.4, 0.5) is 0 Å². The molecule has 2 aromatic carbocycles.